The molecule has 1 saturated heterocycles. The Bertz CT molecular complexity index is 522. The smallest absolute Gasteiger partial charge is 0.363 e. The van der Waals surface area contributed by atoms with Crippen LogP contribution in [0.3, 0.4) is 0 Å². The van der Waals surface area contributed by atoms with Crippen molar-refractivity contribution in [3.05, 3.63) is 23.3 Å². The SMILES string of the molecule is Cc1cc(N(C)C)cc2c1OC1N(C)CC[N+]1=C2. The number of rotatable bonds is 1. The molecule has 1 atom stereocenters. The third-order valence-corrected chi connectivity index (χ3v) is 3.70. The van der Waals surface area contributed by atoms with Gasteiger partial charge in [-0.05, 0) is 31.7 Å². The molecule has 0 radical (unpaired) electrons. The second kappa shape index (κ2) is 3.99. The Morgan fingerprint density at radius 3 is 2.89 bits per heavy atom. The van der Waals surface area contributed by atoms with Gasteiger partial charge in [0, 0.05) is 19.8 Å². The number of benzene rings is 1. The Hall–Kier alpha value is -1.55. The largest absolute Gasteiger partial charge is 0.420 e. The standard InChI is InChI=1S/C14H20N3O/c1-10-7-12(15(2)3)8-11-9-17-6-5-16(4)14(17)18-13(10)11/h7-9,14H,5-6H2,1-4H3/q+1. The number of ether oxygens (including phenoxy) is 1. The highest BCUT2D eigenvalue weighted by Crippen LogP contribution is 2.32. The van der Waals surface area contributed by atoms with E-state index in [4.69, 9.17) is 4.74 Å². The molecule has 2 aliphatic rings. The molecule has 18 heavy (non-hydrogen) atoms. The van der Waals surface area contributed by atoms with Crippen molar-refractivity contribution in [1.82, 2.24) is 4.90 Å². The van der Waals surface area contributed by atoms with E-state index >= 15 is 0 Å². The molecule has 96 valence electrons. The summed E-state index contributed by atoms with van der Waals surface area (Å²) in [7, 11) is 6.24. The summed E-state index contributed by atoms with van der Waals surface area (Å²) >= 11 is 0. The van der Waals surface area contributed by atoms with E-state index in [9.17, 15) is 0 Å². The zero-order chi connectivity index (χ0) is 12.9. The minimum absolute atomic E-state index is 0.0707. The Morgan fingerprint density at radius 2 is 2.17 bits per heavy atom. The van der Waals surface area contributed by atoms with Crippen molar-refractivity contribution in [1.29, 1.82) is 0 Å². The molecule has 0 amide bonds. The third kappa shape index (κ3) is 1.68. The molecule has 0 bridgehead atoms. The fourth-order valence-electron chi connectivity index (χ4n) is 2.61. The average Bonchev–Trinajstić information content (AvgIpc) is 2.68. The highest BCUT2D eigenvalue weighted by atomic mass is 16.5. The minimum Gasteiger partial charge on any atom is -0.420 e. The van der Waals surface area contributed by atoms with Crippen LogP contribution in [0.25, 0.3) is 0 Å². The number of likely N-dealkylation sites (N-methyl/N-ethyl adjacent to an activating group) is 1. The van der Waals surface area contributed by atoms with Gasteiger partial charge in [-0.3, -0.25) is 0 Å². The Balaban J connectivity index is 2.08. The molecule has 4 nitrogen and oxygen atoms in total. The van der Waals surface area contributed by atoms with E-state index in [2.05, 4.69) is 60.8 Å². The van der Waals surface area contributed by atoms with Crippen molar-refractivity contribution in [3.8, 4) is 5.75 Å². The Kier molecular flexibility index (Phi) is 2.55. The number of hydrogen-bond donors (Lipinski definition) is 0. The maximum Gasteiger partial charge on any atom is 0.363 e. The number of hydrogen-bond acceptors (Lipinski definition) is 3. The number of aryl methyl sites for hydroxylation is 1. The van der Waals surface area contributed by atoms with Crippen LogP contribution in [-0.2, 0) is 0 Å². The second-order valence-corrected chi connectivity index (χ2v) is 5.37. The van der Waals surface area contributed by atoms with Crippen molar-refractivity contribution in [2.75, 3.05) is 39.1 Å². The molecule has 3 rings (SSSR count). The van der Waals surface area contributed by atoms with Gasteiger partial charge in [-0.15, -0.1) is 0 Å². The van der Waals surface area contributed by atoms with E-state index in [0.29, 0.717) is 0 Å². The maximum atomic E-state index is 6.14. The van der Waals surface area contributed by atoms with Crippen molar-refractivity contribution < 1.29 is 9.31 Å². The first-order valence-electron chi connectivity index (χ1n) is 6.36. The number of nitrogens with zero attached hydrogens (tertiary/aromatic N) is 3. The van der Waals surface area contributed by atoms with Gasteiger partial charge < -0.3 is 9.64 Å². The Labute approximate surface area is 108 Å². The van der Waals surface area contributed by atoms with E-state index < -0.39 is 0 Å². The van der Waals surface area contributed by atoms with E-state index in [1.165, 1.54) is 16.8 Å². The van der Waals surface area contributed by atoms with Crippen LogP contribution in [0.15, 0.2) is 12.1 Å². The first kappa shape index (κ1) is 11.5. The third-order valence-electron chi connectivity index (χ3n) is 3.70. The molecule has 0 aliphatic carbocycles. The van der Waals surface area contributed by atoms with Crippen LogP contribution < -0.4 is 9.64 Å². The lowest BCUT2D eigenvalue weighted by Gasteiger charge is -2.24. The fraction of sp³-hybridized carbons (Fsp3) is 0.500. The van der Waals surface area contributed by atoms with Gasteiger partial charge in [0.25, 0.3) is 0 Å². The molecule has 1 fully saturated rings. The first-order valence-corrected chi connectivity index (χ1v) is 6.36. The van der Waals surface area contributed by atoms with Crippen LogP contribution in [0.2, 0.25) is 0 Å². The molecule has 2 heterocycles. The van der Waals surface area contributed by atoms with Crippen molar-refractivity contribution in [2.45, 2.75) is 13.3 Å². The molecular formula is C14H20N3O+. The van der Waals surface area contributed by atoms with Crippen LogP contribution in [0.4, 0.5) is 5.69 Å². The number of fused-ring (bicyclic) bond motifs is 2. The Morgan fingerprint density at radius 1 is 1.39 bits per heavy atom. The lowest BCUT2D eigenvalue weighted by molar-refractivity contribution is -0.592. The minimum atomic E-state index is 0.0707. The normalized spacial score (nSPS) is 22.0. The van der Waals surface area contributed by atoms with Crippen LogP contribution in [-0.4, -0.2) is 56.3 Å². The first-order chi connectivity index (χ1) is 8.56. The summed E-state index contributed by atoms with van der Waals surface area (Å²) < 4.78 is 8.40. The summed E-state index contributed by atoms with van der Waals surface area (Å²) in [5.41, 5.74) is 3.61. The molecule has 0 spiro atoms. The van der Waals surface area contributed by atoms with Crippen molar-refractivity contribution in [3.63, 3.8) is 0 Å². The molecule has 1 aromatic rings. The van der Waals surface area contributed by atoms with Gasteiger partial charge in [-0.2, -0.15) is 4.58 Å². The predicted octanol–water partition coefficient (Wildman–Crippen LogP) is 1.11. The van der Waals surface area contributed by atoms with Crippen molar-refractivity contribution in [2.24, 2.45) is 0 Å². The summed E-state index contributed by atoms with van der Waals surface area (Å²) in [6.07, 6.45) is 2.30. The molecule has 0 aromatic heterocycles. The van der Waals surface area contributed by atoms with Crippen LogP contribution in [0.1, 0.15) is 11.1 Å². The van der Waals surface area contributed by atoms with Gasteiger partial charge in [0.15, 0.2) is 12.8 Å². The lowest BCUT2D eigenvalue weighted by atomic mass is 10.1. The molecular weight excluding hydrogens is 226 g/mol. The summed E-state index contributed by atoms with van der Waals surface area (Å²) in [5.74, 6) is 1.02. The zero-order valence-corrected chi connectivity index (χ0v) is 11.5. The second-order valence-electron chi connectivity index (χ2n) is 5.37. The fourth-order valence-corrected chi connectivity index (χ4v) is 2.61. The predicted molar refractivity (Wildman–Crippen MR) is 72.8 cm³/mol. The van der Waals surface area contributed by atoms with E-state index in [0.717, 1.165) is 18.8 Å². The summed E-state index contributed by atoms with van der Waals surface area (Å²) in [5, 5.41) is 0. The molecule has 0 N–H and O–H groups in total. The topological polar surface area (TPSA) is 18.7 Å². The van der Waals surface area contributed by atoms with Crippen LogP contribution in [0.5, 0.6) is 5.75 Å². The van der Waals surface area contributed by atoms with Gasteiger partial charge in [0.05, 0.1) is 12.1 Å². The van der Waals surface area contributed by atoms with E-state index in [-0.39, 0.29) is 6.35 Å². The van der Waals surface area contributed by atoms with Gasteiger partial charge in [-0.25, -0.2) is 4.90 Å². The monoisotopic (exact) mass is 246 g/mol. The van der Waals surface area contributed by atoms with Gasteiger partial charge in [0.2, 0.25) is 0 Å². The summed E-state index contributed by atoms with van der Waals surface area (Å²) in [6, 6.07) is 4.37. The molecule has 1 unspecified atom stereocenters. The van der Waals surface area contributed by atoms with Crippen molar-refractivity contribution >= 4 is 11.9 Å². The number of anilines is 1. The summed E-state index contributed by atoms with van der Waals surface area (Å²) in [6.45, 7) is 4.20. The molecule has 1 aromatic carbocycles. The highest BCUT2D eigenvalue weighted by molar-refractivity contribution is 5.84. The van der Waals surface area contributed by atoms with E-state index in [1.54, 1.807) is 0 Å². The summed E-state index contributed by atoms with van der Waals surface area (Å²) in [4.78, 5) is 4.36. The van der Waals surface area contributed by atoms with Gasteiger partial charge in [-0.1, -0.05) is 0 Å². The average molecular weight is 246 g/mol. The van der Waals surface area contributed by atoms with Crippen LogP contribution >= 0.6 is 0 Å². The molecule has 4 heteroatoms. The lowest BCUT2D eigenvalue weighted by Crippen LogP contribution is -2.40. The van der Waals surface area contributed by atoms with Crippen LogP contribution in [0, 0.1) is 6.92 Å². The quantitative estimate of drug-likeness (QED) is 0.692. The highest BCUT2D eigenvalue weighted by Gasteiger charge is 2.38. The molecule has 0 saturated carbocycles. The van der Waals surface area contributed by atoms with Gasteiger partial charge >= 0.3 is 6.35 Å². The van der Waals surface area contributed by atoms with E-state index in [1.807, 2.05) is 0 Å². The van der Waals surface area contributed by atoms with Gasteiger partial charge in [0.1, 0.15) is 5.75 Å². The molecule has 2 aliphatic heterocycles. The zero-order valence-electron chi connectivity index (χ0n) is 11.5. The maximum absolute atomic E-state index is 6.14.